The zero-order chi connectivity index (χ0) is 10.2. The molecule has 1 aromatic rings. The van der Waals surface area contributed by atoms with Crippen LogP contribution in [0.1, 0.15) is 11.0 Å². The molecule has 1 aromatic carbocycles. The number of hydrogen-bond acceptors (Lipinski definition) is 1. The SMILES string of the molecule is [2H]Oc1c([2H])c([2H])c(C)c([2H])c1[2H]. The van der Waals surface area contributed by atoms with Gasteiger partial charge >= 0.3 is 0 Å². The van der Waals surface area contributed by atoms with Crippen molar-refractivity contribution in [2.45, 2.75) is 6.92 Å². The zero-order valence-corrected chi connectivity index (χ0v) is 4.41. The Bertz CT molecular complexity index is 320. The first-order valence-electron chi connectivity index (χ1n) is 4.61. The van der Waals surface area contributed by atoms with Crippen LogP contribution in [0.4, 0.5) is 0 Å². The molecule has 0 aromatic heterocycles. The number of phenolic OH excluding ortho intramolecular Hbond substituents is 1. The van der Waals surface area contributed by atoms with Crippen molar-refractivity contribution in [1.29, 1.82) is 1.43 Å². The lowest BCUT2D eigenvalue weighted by atomic mass is 10.2. The molecule has 0 radical (unpaired) electrons. The Morgan fingerprint density at radius 3 is 2.62 bits per heavy atom. The van der Waals surface area contributed by atoms with Gasteiger partial charge in [0.1, 0.15) is 5.75 Å². The Hall–Kier alpha value is -0.980. The monoisotopic (exact) mass is 113 g/mol. The maximum atomic E-state index is 7.37. The van der Waals surface area contributed by atoms with E-state index >= 15 is 0 Å². The Kier molecular flexibility index (Phi) is 0.410. The molecule has 1 nitrogen and oxygen atoms in total. The molecule has 0 heterocycles. The first-order valence-corrected chi connectivity index (χ1v) is 2.20. The number of rotatable bonds is 1. The van der Waals surface area contributed by atoms with Gasteiger partial charge in [-0.3, -0.25) is 0 Å². The van der Waals surface area contributed by atoms with E-state index in [0.29, 0.717) is 0 Å². The zero-order valence-electron chi connectivity index (χ0n) is 9.41. The van der Waals surface area contributed by atoms with Crippen LogP contribution >= 0.6 is 0 Å². The Labute approximate surface area is 55.7 Å². The van der Waals surface area contributed by atoms with Crippen LogP contribution in [0.2, 0.25) is 0 Å². The number of hydrogen-bond donors (Lipinski definition) is 1. The van der Waals surface area contributed by atoms with Crippen LogP contribution in [0.3, 0.4) is 0 Å². The van der Waals surface area contributed by atoms with E-state index in [1.807, 2.05) is 0 Å². The molecule has 8 heavy (non-hydrogen) atoms. The largest absolute Gasteiger partial charge is 0.508 e. The highest BCUT2D eigenvalue weighted by Gasteiger charge is 1.82. The van der Waals surface area contributed by atoms with Gasteiger partial charge in [-0.15, -0.1) is 0 Å². The van der Waals surface area contributed by atoms with E-state index in [1.165, 1.54) is 6.92 Å². The van der Waals surface area contributed by atoms with Crippen molar-refractivity contribution < 1.29 is 10.6 Å². The minimum atomic E-state index is -0.333. The third kappa shape index (κ3) is 0.997. The lowest BCUT2D eigenvalue weighted by Crippen LogP contribution is -1.66. The molecule has 0 atom stereocenters. The molecule has 1 rings (SSSR count). The summed E-state index contributed by atoms with van der Waals surface area (Å²) < 4.78 is 36.0. The first kappa shape index (κ1) is 1.76. The molecule has 1 N–H and O–H groups in total. The lowest BCUT2D eigenvalue weighted by molar-refractivity contribution is 0.475. The smallest absolute Gasteiger partial charge is 0.293 e. The molecule has 0 aliphatic rings. The molecule has 0 saturated carbocycles. The lowest BCUT2D eigenvalue weighted by Gasteiger charge is -1.89. The fourth-order valence-corrected chi connectivity index (χ4v) is 0.364. The number of aromatic hydroxyl groups is 1. The molecule has 0 fully saturated rings. The fourth-order valence-electron chi connectivity index (χ4n) is 0.364. The summed E-state index contributed by atoms with van der Waals surface area (Å²) in [6, 6.07) is -0.950. The highest BCUT2D eigenvalue weighted by Crippen LogP contribution is 2.07. The topological polar surface area (TPSA) is 20.2 Å². The molecule has 0 saturated heterocycles. The molecular formula is C7H8O. The predicted octanol–water partition coefficient (Wildman–Crippen LogP) is 1.70. The van der Waals surface area contributed by atoms with E-state index < -0.39 is 0 Å². The quantitative estimate of drug-likeness (QED) is 0.587. The standard InChI is InChI=1S/C7H8O/c1-6-2-4-7(8)5-3-6/h2-5,8H,1H3/i2D,3D,4D,5D/hD. The summed E-state index contributed by atoms with van der Waals surface area (Å²) in [5.41, 5.74) is 0.260. The van der Waals surface area contributed by atoms with Crippen LogP contribution in [-0.4, -0.2) is 6.54 Å². The van der Waals surface area contributed by atoms with Crippen LogP contribution in [0.5, 0.6) is 5.75 Å². The Morgan fingerprint density at radius 2 is 2.12 bits per heavy atom. The number of benzene rings is 1. The minimum absolute atomic E-state index is 0.164. The summed E-state index contributed by atoms with van der Waals surface area (Å²) >= 11 is 0. The van der Waals surface area contributed by atoms with Gasteiger partial charge in [0.2, 0.25) is 0 Å². The van der Waals surface area contributed by atoms with Crippen molar-refractivity contribution in [3.8, 4) is 5.75 Å². The normalized spacial score (nSPS) is 17.4. The second-order valence-corrected chi connectivity index (χ2v) is 1.45. The van der Waals surface area contributed by atoms with Gasteiger partial charge in [0.25, 0.3) is 1.43 Å². The molecule has 0 unspecified atom stereocenters. The van der Waals surface area contributed by atoms with Crippen molar-refractivity contribution in [1.82, 2.24) is 0 Å². The fraction of sp³-hybridized carbons (Fsp3) is 0.143. The average Bonchev–Trinajstić information content (AvgIpc) is 2.13. The third-order valence-corrected chi connectivity index (χ3v) is 0.727. The molecule has 0 aliphatic carbocycles. The maximum absolute atomic E-state index is 7.37. The molecule has 42 valence electrons. The molecule has 1 heteroatoms. The van der Waals surface area contributed by atoms with Gasteiger partial charge in [-0.2, -0.15) is 0 Å². The third-order valence-electron chi connectivity index (χ3n) is 0.727. The van der Waals surface area contributed by atoms with Gasteiger partial charge < -0.3 is 5.11 Å². The summed E-state index contributed by atoms with van der Waals surface area (Å²) in [5, 5.41) is 4.03. The van der Waals surface area contributed by atoms with Crippen LogP contribution < -0.4 is 0 Å². The molecule has 0 bridgehead atoms. The molecule has 0 spiro atoms. The Morgan fingerprint density at radius 1 is 1.50 bits per heavy atom. The van der Waals surface area contributed by atoms with Gasteiger partial charge in [0.15, 0.2) is 0 Å². The second-order valence-electron chi connectivity index (χ2n) is 1.45. The molecular weight excluding hydrogens is 100 g/mol. The summed E-state index contributed by atoms with van der Waals surface area (Å²) in [7, 11) is 0. The van der Waals surface area contributed by atoms with E-state index in [9.17, 15) is 0 Å². The van der Waals surface area contributed by atoms with Crippen LogP contribution in [-0.2, 0) is 0 Å². The summed E-state index contributed by atoms with van der Waals surface area (Å²) in [4.78, 5) is 0. The van der Waals surface area contributed by atoms with Gasteiger partial charge in [-0.1, -0.05) is 17.6 Å². The van der Waals surface area contributed by atoms with Gasteiger partial charge in [-0.25, -0.2) is 0 Å². The predicted molar refractivity (Wildman–Crippen MR) is 32.8 cm³/mol. The van der Waals surface area contributed by atoms with E-state index in [2.05, 4.69) is 5.11 Å². The van der Waals surface area contributed by atoms with Crippen molar-refractivity contribution in [2.75, 3.05) is 0 Å². The van der Waals surface area contributed by atoms with Crippen molar-refractivity contribution in [3.63, 3.8) is 0 Å². The summed E-state index contributed by atoms with van der Waals surface area (Å²) in [6.45, 7) is 1.49. The Balaban J connectivity index is 3.56. The van der Waals surface area contributed by atoms with Crippen LogP contribution in [0.25, 0.3) is 0 Å². The van der Waals surface area contributed by atoms with E-state index in [-0.39, 0.29) is 35.5 Å². The van der Waals surface area contributed by atoms with Crippen molar-refractivity contribution in [3.05, 3.63) is 29.7 Å². The van der Waals surface area contributed by atoms with E-state index in [4.69, 9.17) is 6.91 Å². The highest BCUT2D eigenvalue weighted by atomic mass is 16.3. The number of phenols is 1. The van der Waals surface area contributed by atoms with Gasteiger partial charge in [0, 0.05) is 0 Å². The molecule has 0 aliphatic heterocycles. The van der Waals surface area contributed by atoms with E-state index in [1.54, 1.807) is 0 Å². The molecule has 0 amide bonds. The summed E-state index contributed by atoms with van der Waals surface area (Å²) in [6.07, 6.45) is 0. The van der Waals surface area contributed by atoms with Crippen LogP contribution in [0.15, 0.2) is 24.2 Å². The van der Waals surface area contributed by atoms with Crippen molar-refractivity contribution in [2.24, 2.45) is 0 Å². The highest BCUT2D eigenvalue weighted by molar-refractivity contribution is 5.24. The van der Waals surface area contributed by atoms with E-state index in [0.717, 1.165) is 0 Å². The van der Waals surface area contributed by atoms with Gasteiger partial charge in [-0.05, 0) is 19.0 Å². The second kappa shape index (κ2) is 1.86. The maximum Gasteiger partial charge on any atom is 0.293 e. The average molecular weight is 113 g/mol. The van der Waals surface area contributed by atoms with Gasteiger partial charge in [0.05, 0.1) is 5.48 Å². The minimum Gasteiger partial charge on any atom is -0.508 e. The summed E-state index contributed by atoms with van der Waals surface area (Å²) in [5.74, 6) is -0.333. The van der Waals surface area contributed by atoms with Crippen molar-refractivity contribution >= 4 is 0 Å². The van der Waals surface area contributed by atoms with Crippen LogP contribution in [0, 0.1) is 6.92 Å². The first-order chi connectivity index (χ1) is 6.00.